The minimum absolute atomic E-state index is 0.625. The monoisotopic (exact) mass is 839 g/mol. The van der Waals surface area contributed by atoms with Gasteiger partial charge in [0.1, 0.15) is 0 Å². The highest BCUT2D eigenvalue weighted by molar-refractivity contribution is 5.98. The number of hydrogen-bond donors (Lipinski definition) is 0. The molecule has 0 aliphatic heterocycles. The molecule has 0 atom stereocenters. The molecule has 3 nitrogen and oxygen atoms in total. The fraction of sp³-hybridized carbons (Fsp3) is 0. The molecule has 0 aliphatic carbocycles. The van der Waals surface area contributed by atoms with E-state index in [2.05, 4.69) is 249 Å². The molecule has 0 fully saturated rings. The van der Waals surface area contributed by atoms with Crippen molar-refractivity contribution in [1.29, 1.82) is 0 Å². The van der Waals surface area contributed by atoms with E-state index >= 15 is 0 Å². The Morgan fingerprint density at radius 1 is 0.182 bits per heavy atom. The average Bonchev–Trinajstić information content (AvgIpc) is 3.40. The van der Waals surface area contributed by atoms with Gasteiger partial charge in [0.05, 0.1) is 0 Å². The quantitative estimate of drug-likeness (QED) is 0.153. The summed E-state index contributed by atoms with van der Waals surface area (Å²) in [4.78, 5) is 15.4. The summed E-state index contributed by atoms with van der Waals surface area (Å²) in [5.41, 5.74) is 14.6. The molecular formula is C63H41N3. The van der Waals surface area contributed by atoms with Crippen LogP contribution in [0.5, 0.6) is 0 Å². The van der Waals surface area contributed by atoms with Crippen LogP contribution in [0.4, 0.5) is 0 Å². The van der Waals surface area contributed by atoms with Crippen LogP contribution in [0.1, 0.15) is 0 Å². The Balaban J connectivity index is 0.876. The summed E-state index contributed by atoms with van der Waals surface area (Å²) in [7, 11) is 0. The van der Waals surface area contributed by atoms with Gasteiger partial charge in [0.25, 0.3) is 0 Å². The number of fused-ring (bicyclic) bond motifs is 3. The second kappa shape index (κ2) is 16.7. The maximum Gasteiger partial charge on any atom is 0.164 e. The first kappa shape index (κ1) is 38.9. The van der Waals surface area contributed by atoms with E-state index in [1.54, 1.807) is 0 Å². The number of hydrogen-bond acceptors (Lipinski definition) is 3. The third-order valence-electron chi connectivity index (χ3n) is 12.8. The van der Waals surface area contributed by atoms with Crippen LogP contribution in [-0.2, 0) is 0 Å². The van der Waals surface area contributed by atoms with Crippen LogP contribution in [0, 0.1) is 0 Å². The molecule has 12 rings (SSSR count). The Morgan fingerprint density at radius 3 is 0.970 bits per heavy atom. The molecule has 1 heterocycles. The van der Waals surface area contributed by atoms with Gasteiger partial charge in [-0.2, -0.15) is 0 Å². The molecule has 0 saturated carbocycles. The molecule has 1 aromatic heterocycles. The standard InChI is InChI=1S/C63H41N3/c1-2-10-42(11-3-1)53-36-37-55-41-56(39-38-54(55)40-53)63-65-61(51-32-24-45(25-33-51)43-20-28-49(29-21-43)59-18-8-14-47-12-4-6-16-57(47)59)64-62(66-63)52-34-26-46(27-35-52)44-22-30-50(31-23-44)60-19-9-15-48-13-5-7-17-58(48)60/h1-41H. The minimum atomic E-state index is 0.625. The predicted molar refractivity (Wildman–Crippen MR) is 276 cm³/mol. The fourth-order valence-corrected chi connectivity index (χ4v) is 9.22. The van der Waals surface area contributed by atoms with E-state index in [0.717, 1.165) is 49.7 Å². The lowest BCUT2D eigenvalue weighted by molar-refractivity contribution is 1.07. The maximum absolute atomic E-state index is 5.14. The smallest absolute Gasteiger partial charge is 0.164 e. The first-order valence-electron chi connectivity index (χ1n) is 22.4. The van der Waals surface area contributed by atoms with Crippen LogP contribution in [0.25, 0.3) is 122 Å². The lowest BCUT2D eigenvalue weighted by Gasteiger charge is -2.11. The number of nitrogens with zero attached hydrogens (tertiary/aromatic N) is 3. The van der Waals surface area contributed by atoms with Crippen molar-refractivity contribution in [1.82, 2.24) is 15.0 Å². The largest absolute Gasteiger partial charge is 0.208 e. The Hall–Kier alpha value is -8.79. The number of aromatic nitrogens is 3. The van der Waals surface area contributed by atoms with E-state index in [4.69, 9.17) is 15.0 Å². The maximum atomic E-state index is 5.14. The van der Waals surface area contributed by atoms with Crippen LogP contribution < -0.4 is 0 Å². The molecule has 0 radical (unpaired) electrons. The van der Waals surface area contributed by atoms with Crippen molar-refractivity contribution in [3.05, 3.63) is 249 Å². The summed E-state index contributed by atoms with van der Waals surface area (Å²) in [6.45, 7) is 0. The van der Waals surface area contributed by atoms with Gasteiger partial charge in [-0.1, -0.05) is 237 Å². The summed E-state index contributed by atoms with van der Waals surface area (Å²) in [6, 6.07) is 88.5. The van der Waals surface area contributed by atoms with Crippen LogP contribution in [0.15, 0.2) is 249 Å². The van der Waals surface area contributed by atoms with Gasteiger partial charge in [-0.15, -0.1) is 0 Å². The molecule has 11 aromatic carbocycles. The van der Waals surface area contributed by atoms with Crippen molar-refractivity contribution in [3.63, 3.8) is 0 Å². The second-order valence-corrected chi connectivity index (χ2v) is 16.8. The normalized spacial score (nSPS) is 11.3. The summed E-state index contributed by atoms with van der Waals surface area (Å²) < 4.78 is 0. The Kier molecular flexibility index (Phi) is 9.85. The molecule has 0 bridgehead atoms. The molecule has 308 valence electrons. The third kappa shape index (κ3) is 7.49. The van der Waals surface area contributed by atoms with Gasteiger partial charge >= 0.3 is 0 Å². The van der Waals surface area contributed by atoms with Crippen molar-refractivity contribution >= 4 is 32.3 Å². The molecule has 3 heteroatoms. The highest BCUT2D eigenvalue weighted by atomic mass is 15.0. The van der Waals surface area contributed by atoms with E-state index in [1.807, 2.05) is 0 Å². The second-order valence-electron chi connectivity index (χ2n) is 16.8. The molecule has 0 aliphatic rings. The molecule has 0 spiro atoms. The number of rotatable bonds is 8. The summed E-state index contributed by atoms with van der Waals surface area (Å²) in [5.74, 6) is 1.88. The Bertz CT molecular complexity index is 3510. The zero-order valence-electron chi connectivity index (χ0n) is 36.0. The molecule has 12 aromatic rings. The molecule has 0 amide bonds. The SMILES string of the molecule is c1ccc(-c2ccc3cc(-c4nc(-c5ccc(-c6ccc(-c7cccc8ccccc78)cc6)cc5)nc(-c5ccc(-c6ccc(-c7cccc8ccccc78)cc6)cc5)n4)ccc3c2)cc1. The van der Waals surface area contributed by atoms with Crippen molar-refractivity contribution in [2.75, 3.05) is 0 Å². The fourth-order valence-electron chi connectivity index (χ4n) is 9.22. The van der Waals surface area contributed by atoms with E-state index in [0.29, 0.717) is 17.5 Å². The summed E-state index contributed by atoms with van der Waals surface area (Å²) in [6.07, 6.45) is 0. The molecule has 0 N–H and O–H groups in total. The van der Waals surface area contributed by atoms with Crippen LogP contribution in [-0.4, -0.2) is 15.0 Å². The molecular weight excluding hydrogens is 799 g/mol. The zero-order valence-corrected chi connectivity index (χ0v) is 36.0. The lowest BCUT2D eigenvalue weighted by Crippen LogP contribution is -2.00. The van der Waals surface area contributed by atoms with Crippen molar-refractivity contribution in [3.8, 4) is 89.8 Å². The lowest BCUT2D eigenvalue weighted by atomic mass is 9.96. The van der Waals surface area contributed by atoms with E-state index < -0.39 is 0 Å². The topological polar surface area (TPSA) is 38.7 Å². The highest BCUT2D eigenvalue weighted by Gasteiger charge is 2.15. The van der Waals surface area contributed by atoms with Crippen molar-refractivity contribution in [2.24, 2.45) is 0 Å². The summed E-state index contributed by atoms with van der Waals surface area (Å²) >= 11 is 0. The van der Waals surface area contributed by atoms with Gasteiger partial charge < -0.3 is 0 Å². The van der Waals surface area contributed by atoms with Gasteiger partial charge in [-0.25, -0.2) is 15.0 Å². The van der Waals surface area contributed by atoms with Gasteiger partial charge in [-0.05, 0) is 100 Å². The summed E-state index contributed by atoms with van der Waals surface area (Å²) in [5, 5.41) is 7.29. The number of benzene rings is 11. The third-order valence-corrected chi connectivity index (χ3v) is 12.8. The first-order chi connectivity index (χ1) is 32.7. The predicted octanol–water partition coefficient (Wildman–Crippen LogP) is 16.7. The van der Waals surface area contributed by atoms with E-state index in [9.17, 15) is 0 Å². The Morgan fingerprint density at radius 2 is 0.500 bits per heavy atom. The molecule has 66 heavy (non-hydrogen) atoms. The first-order valence-corrected chi connectivity index (χ1v) is 22.4. The van der Waals surface area contributed by atoms with Crippen molar-refractivity contribution in [2.45, 2.75) is 0 Å². The van der Waals surface area contributed by atoms with Gasteiger partial charge in [0.2, 0.25) is 0 Å². The molecule has 0 unspecified atom stereocenters. The van der Waals surface area contributed by atoms with Gasteiger partial charge in [0.15, 0.2) is 17.5 Å². The van der Waals surface area contributed by atoms with Crippen LogP contribution in [0.3, 0.4) is 0 Å². The van der Waals surface area contributed by atoms with Crippen LogP contribution in [0.2, 0.25) is 0 Å². The Labute approximate surface area is 384 Å². The van der Waals surface area contributed by atoms with Crippen LogP contribution >= 0.6 is 0 Å². The van der Waals surface area contributed by atoms with Gasteiger partial charge in [0, 0.05) is 16.7 Å². The van der Waals surface area contributed by atoms with Gasteiger partial charge in [-0.3, -0.25) is 0 Å². The van der Waals surface area contributed by atoms with E-state index in [-0.39, 0.29) is 0 Å². The average molecular weight is 840 g/mol. The molecule has 0 saturated heterocycles. The zero-order chi connectivity index (χ0) is 43.8. The van der Waals surface area contributed by atoms with E-state index in [1.165, 1.54) is 54.9 Å². The highest BCUT2D eigenvalue weighted by Crippen LogP contribution is 2.35. The van der Waals surface area contributed by atoms with Crippen molar-refractivity contribution < 1.29 is 0 Å². The minimum Gasteiger partial charge on any atom is -0.208 e.